The molecule has 25 heavy (non-hydrogen) atoms. The van der Waals surface area contributed by atoms with Gasteiger partial charge >= 0.3 is 11.9 Å². The molecule has 0 fully saturated rings. The number of aryl methyl sites for hydroxylation is 1. The van der Waals surface area contributed by atoms with E-state index in [9.17, 15) is 14.4 Å². The normalized spacial score (nSPS) is 10.1. The number of rotatable bonds is 8. The van der Waals surface area contributed by atoms with Crippen LogP contribution in [-0.2, 0) is 25.5 Å². The van der Waals surface area contributed by atoms with Gasteiger partial charge in [-0.05, 0) is 31.2 Å². The lowest BCUT2D eigenvalue weighted by Crippen LogP contribution is -2.22. The van der Waals surface area contributed by atoms with E-state index in [4.69, 9.17) is 13.9 Å². The average molecular weight is 345 g/mol. The Labute approximate surface area is 144 Å². The first-order valence-electron chi connectivity index (χ1n) is 7.84. The molecule has 1 amide bonds. The first-order chi connectivity index (χ1) is 12.1. The van der Waals surface area contributed by atoms with Gasteiger partial charge in [0.2, 0.25) is 0 Å². The molecular weight excluding hydrogens is 326 g/mol. The van der Waals surface area contributed by atoms with E-state index in [0.717, 1.165) is 0 Å². The van der Waals surface area contributed by atoms with E-state index in [0.29, 0.717) is 17.9 Å². The number of hydrogen-bond donors (Lipinski definition) is 1. The van der Waals surface area contributed by atoms with Crippen LogP contribution >= 0.6 is 0 Å². The highest BCUT2D eigenvalue weighted by Gasteiger charge is 2.15. The summed E-state index contributed by atoms with van der Waals surface area (Å²) in [5, 5.41) is 2.54. The molecule has 1 aromatic carbocycles. The van der Waals surface area contributed by atoms with Crippen molar-refractivity contribution in [3.63, 3.8) is 0 Å². The van der Waals surface area contributed by atoms with E-state index in [1.165, 1.54) is 6.26 Å². The number of esters is 2. The smallest absolute Gasteiger partial charge is 0.340 e. The predicted molar refractivity (Wildman–Crippen MR) is 89.0 cm³/mol. The van der Waals surface area contributed by atoms with Gasteiger partial charge < -0.3 is 19.2 Å². The van der Waals surface area contributed by atoms with Gasteiger partial charge in [-0.25, -0.2) is 4.79 Å². The molecule has 0 radical (unpaired) electrons. The second-order valence-corrected chi connectivity index (χ2v) is 5.05. The molecule has 0 aliphatic heterocycles. The van der Waals surface area contributed by atoms with Gasteiger partial charge in [0.15, 0.2) is 6.61 Å². The average Bonchev–Trinajstić information content (AvgIpc) is 3.12. The maximum atomic E-state index is 11.9. The highest BCUT2D eigenvalue weighted by atomic mass is 16.5. The molecule has 0 unspecified atom stereocenters. The molecule has 0 bridgehead atoms. The number of furan rings is 1. The first kappa shape index (κ1) is 18.3. The zero-order valence-corrected chi connectivity index (χ0v) is 13.8. The second-order valence-electron chi connectivity index (χ2n) is 5.05. The van der Waals surface area contributed by atoms with Crippen LogP contribution in [0.1, 0.15) is 29.5 Å². The molecule has 1 heterocycles. The van der Waals surface area contributed by atoms with Crippen LogP contribution in [0.4, 0.5) is 5.69 Å². The van der Waals surface area contributed by atoms with Crippen LogP contribution in [0.25, 0.3) is 0 Å². The SMILES string of the molecule is CCOC(=O)c1ccccc1NC(=O)COC(=O)CCc1ccco1. The standard InChI is InChI=1S/C18H19NO6/c1-2-23-18(22)14-7-3-4-8-15(14)19-16(20)12-25-17(21)10-9-13-6-5-11-24-13/h3-8,11H,2,9-10,12H2,1H3,(H,19,20). The number of carbonyl (C=O) groups excluding carboxylic acids is 3. The maximum absolute atomic E-state index is 11.9. The summed E-state index contributed by atoms with van der Waals surface area (Å²) in [6.07, 6.45) is 2.04. The van der Waals surface area contributed by atoms with E-state index >= 15 is 0 Å². The van der Waals surface area contributed by atoms with E-state index in [2.05, 4.69) is 5.32 Å². The number of carbonyl (C=O) groups is 3. The zero-order valence-electron chi connectivity index (χ0n) is 13.8. The van der Waals surface area contributed by atoms with Crippen LogP contribution in [0.15, 0.2) is 47.1 Å². The highest BCUT2D eigenvalue weighted by molar-refractivity contribution is 6.01. The van der Waals surface area contributed by atoms with Gasteiger partial charge in [0.05, 0.1) is 30.5 Å². The summed E-state index contributed by atoms with van der Waals surface area (Å²) in [6.45, 7) is 1.49. The zero-order chi connectivity index (χ0) is 18.1. The van der Waals surface area contributed by atoms with E-state index in [1.54, 1.807) is 43.3 Å². The summed E-state index contributed by atoms with van der Waals surface area (Å²) in [6, 6.07) is 9.94. The molecule has 0 aliphatic carbocycles. The Balaban J connectivity index is 1.82. The van der Waals surface area contributed by atoms with Crippen molar-refractivity contribution in [2.75, 3.05) is 18.5 Å². The number of para-hydroxylation sites is 1. The van der Waals surface area contributed by atoms with Crippen LogP contribution in [0.5, 0.6) is 0 Å². The molecule has 0 saturated carbocycles. The minimum Gasteiger partial charge on any atom is -0.469 e. The van der Waals surface area contributed by atoms with Crippen molar-refractivity contribution in [2.45, 2.75) is 19.8 Å². The van der Waals surface area contributed by atoms with Gasteiger partial charge in [-0.15, -0.1) is 0 Å². The number of hydrogen-bond acceptors (Lipinski definition) is 6. The van der Waals surface area contributed by atoms with Gasteiger partial charge in [0, 0.05) is 6.42 Å². The van der Waals surface area contributed by atoms with Crippen molar-refractivity contribution >= 4 is 23.5 Å². The van der Waals surface area contributed by atoms with Crippen LogP contribution in [0.2, 0.25) is 0 Å². The topological polar surface area (TPSA) is 94.8 Å². The molecule has 7 heteroatoms. The number of benzene rings is 1. The summed E-state index contributed by atoms with van der Waals surface area (Å²) in [5.41, 5.74) is 0.541. The van der Waals surface area contributed by atoms with Crippen molar-refractivity contribution in [3.05, 3.63) is 54.0 Å². The maximum Gasteiger partial charge on any atom is 0.340 e. The Kier molecular flexibility index (Phi) is 6.76. The van der Waals surface area contributed by atoms with Crippen molar-refractivity contribution in [2.24, 2.45) is 0 Å². The highest BCUT2D eigenvalue weighted by Crippen LogP contribution is 2.16. The quantitative estimate of drug-likeness (QED) is 0.739. The van der Waals surface area contributed by atoms with Crippen LogP contribution < -0.4 is 5.32 Å². The lowest BCUT2D eigenvalue weighted by atomic mass is 10.2. The third-order valence-electron chi connectivity index (χ3n) is 3.22. The molecule has 2 aromatic rings. The molecule has 1 aromatic heterocycles. The van der Waals surface area contributed by atoms with Gasteiger partial charge in [0.25, 0.3) is 5.91 Å². The molecule has 132 valence electrons. The number of amides is 1. The molecule has 0 aliphatic rings. The summed E-state index contributed by atoms with van der Waals surface area (Å²) in [7, 11) is 0. The minimum absolute atomic E-state index is 0.111. The third kappa shape index (κ3) is 5.80. The van der Waals surface area contributed by atoms with E-state index in [-0.39, 0.29) is 18.6 Å². The Morgan fingerprint density at radius 2 is 1.88 bits per heavy atom. The summed E-state index contributed by atoms with van der Waals surface area (Å²) in [5.74, 6) is -0.910. The van der Waals surface area contributed by atoms with Gasteiger partial charge in [0.1, 0.15) is 5.76 Å². The van der Waals surface area contributed by atoms with Gasteiger partial charge in [-0.3, -0.25) is 9.59 Å². The minimum atomic E-state index is -0.539. The third-order valence-corrected chi connectivity index (χ3v) is 3.22. The lowest BCUT2D eigenvalue weighted by Gasteiger charge is -2.10. The van der Waals surface area contributed by atoms with E-state index in [1.807, 2.05) is 0 Å². The molecule has 7 nitrogen and oxygen atoms in total. The number of nitrogens with one attached hydrogen (secondary N) is 1. The fraction of sp³-hybridized carbons (Fsp3) is 0.278. The Morgan fingerprint density at radius 3 is 2.60 bits per heavy atom. The fourth-order valence-corrected chi connectivity index (χ4v) is 2.06. The lowest BCUT2D eigenvalue weighted by molar-refractivity contribution is -0.147. The van der Waals surface area contributed by atoms with Crippen LogP contribution in [-0.4, -0.2) is 31.1 Å². The van der Waals surface area contributed by atoms with Crippen LogP contribution in [0, 0.1) is 0 Å². The monoisotopic (exact) mass is 345 g/mol. The van der Waals surface area contributed by atoms with Crippen molar-refractivity contribution in [3.8, 4) is 0 Å². The summed E-state index contributed by atoms with van der Waals surface area (Å²) < 4.78 is 15.0. The molecule has 2 rings (SSSR count). The largest absolute Gasteiger partial charge is 0.469 e. The Morgan fingerprint density at radius 1 is 1.08 bits per heavy atom. The van der Waals surface area contributed by atoms with Gasteiger partial charge in [-0.1, -0.05) is 12.1 Å². The van der Waals surface area contributed by atoms with Gasteiger partial charge in [-0.2, -0.15) is 0 Å². The van der Waals surface area contributed by atoms with Crippen molar-refractivity contribution in [1.29, 1.82) is 0 Å². The molecule has 1 N–H and O–H groups in total. The van der Waals surface area contributed by atoms with E-state index < -0.39 is 24.5 Å². The fourth-order valence-electron chi connectivity index (χ4n) is 2.06. The number of ether oxygens (including phenoxy) is 2. The van der Waals surface area contributed by atoms with Crippen LogP contribution in [0.3, 0.4) is 0 Å². The Bertz CT molecular complexity index is 723. The molecule has 0 saturated heterocycles. The summed E-state index contributed by atoms with van der Waals surface area (Å²) in [4.78, 5) is 35.4. The predicted octanol–water partition coefficient (Wildman–Crippen LogP) is 2.57. The molecule has 0 atom stereocenters. The summed E-state index contributed by atoms with van der Waals surface area (Å²) >= 11 is 0. The van der Waals surface area contributed by atoms with Crippen molar-refractivity contribution in [1.82, 2.24) is 0 Å². The molecule has 0 spiro atoms. The number of anilines is 1. The first-order valence-corrected chi connectivity index (χ1v) is 7.84. The molecular formula is C18H19NO6. The Hall–Kier alpha value is -3.09. The van der Waals surface area contributed by atoms with Crippen molar-refractivity contribution < 1.29 is 28.3 Å². The second kappa shape index (κ2) is 9.27.